The molecule has 62 valence electrons. The maximum atomic E-state index is 11.3. The SMILES string of the molecule is C#CCS(=O)(=O)c1ccccc1. The van der Waals surface area contributed by atoms with Gasteiger partial charge in [0.2, 0.25) is 0 Å². The Morgan fingerprint density at radius 2 is 1.83 bits per heavy atom. The van der Waals surface area contributed by atoms with E-state index in [4.69, 9.17) is 6.42 Å². The molecule has 0 N–H and O–H groups in total. The van der Waals surface area contributed by atoms with E-state index in [-0.39, 0.29) is 10.6 Å². The minimum absolute atomic E-state index is 0.239. The smallest absolute Gasteiger partial charge is 0.189 e. The highest BCUT2D eigenvalue weighted by Crippen LogP contribution is 2.08. The molecule has 0 saturated heterocycles. The standard InChI is InChI=1S/C9H8O2S/c1-2-8-12(10,11)9-6-4-3-5-7-9/h1,3-7H,8H2. The molecule has 0 aromatic heterocycles. The van der Waals surface area contributed by atoms with E-state index in [2.05, 4.69) is 5.92 Å². The maximum Gasteiger partial charge on any atom is 0.189 e. The maximum absolute atomic E-state index is 11.3. The molecule has 12 heavy (non-hydrogen) atoms. The van der Waals surface area contributed by atoms with E-state index in [1.54, 1.807) is 18.2 Å². The first-order valence-corrected chi connectivity index (χ1v) is 5.03. The molecule has 3 heteroatoms. The van der Waals surface area contributed by atoms with Crippen LogP contribution in [0.15, 0.2) is 35.2 Å². The highest BCUT2D eigenvalue weighted by atomic mass is 32.2. The quantitative estimate of drug-likeness (QED) is 0.638. The second-order valence-corrected chi connectivity index (χ2v) is 4.27. The number of hydrogen-bond acceptors (Lipinski definition) is 2. The van der Waals surface area contributed by atoms with Gasteiger partial charge < -0.3 is 0 Å². The van der Waals surface area contributed by atoms with E-state index in [0.717, 1.165) is 0 Å². The summed E-state index contributed by atoms with van der Waals surface area (Å²) in [5, 5.41) is 0. The molecule has 1 aromatic carbocycles. The average Bonchev–Trinajstić information content (AvgIpc) is 2.06. The molecule has 0 aliphatic rings. The van der Waals surface area contributed by atoms with E-state index in [1.165, 1.54) is 12.1 Å². The normalized spacial score (nSPS) is 10.6. The average molecular weight is 180 g/mol. The summed E-state index contributed by atoms with van der Waals surface area (Å²) in [7, 11) is -3.25. The zero-order valence-corrected chi connectivity index (χ0v) is 7.21. The topological polar surface area (TPSA) is 34.1 Å². The summed E-state index contributed by atoms with van der Waals surface area (Å²) in [4.78, 5) is 0.281. The lowest BCUT2D eigenvalue weighted by molar-refractivity contribution is 0.599. The van der Waals surface area contributed by atoms with Crippen molar-refractivity contribution in [2.45, 2.75) is 4.90 Å². The van der Waals surface area contributed by atoms with E-state index < -0.39 is 9.84 Å². The highest BCUT2D eigenvalue weighted by Gasteiger charge is 2.10. The van der Waals surface area contributed by atoms with Crippen LogP contribution >= 0.6 is 0 Å². The van der Waals surface area contributed by atoms with Gasteiger partial charge in [-0.05, 0) is 12.1 Å². The van der Waals surface area contributed by atoms with Gasteiger partial charge in [-0.1, -0.05) is 24.1 Å². The molecule has 0 fully saturated rings. The number of hydrogen-bond donors (Lipinski definition) is 0. The second-order valence-electron chi connectivity index (χ2n) is 2.28. The van der Waals surface area contributed by atoms with Crippen molar-refractivity contribution in [1.82, 2.24) is 0 Å². The van der Waals surface area contributed by atoms with Gasteiger partial charge in [-0.15, -0.1) is 6.42 Å². The van der Waals surface area contributed by atoms with Gasteiger partial charge in [0, 0.05) is 0 Å². The zero-order valence-electron chi connectivity index (χ0n) is 6.40. The van der Waals surface area contributed by atoms with Crippen LogP contribution in [0.4, 0.5) is 0 Å². The van der Waals surface area contributed by atoms with Gasteiger partial charge >= 0.3 is 0 Å². The molecule has 0 saturated carbocycles. The first kappa shape index (κ1) is 8.82. The molecule has 1 aromatic rings. The fourth-order valence-corrected chi connectivity index (χ4v) is 1.78. The molecular formula is C9H8O2S. The van der Waals surface area contributed by atoms with Gasteiger partial charge in [-0.2, -0.15) is 0 Å². The van der Waals surface area contributed by atoms with Crippen molar-refractivity contribution in [2.75, 3.05) is 5.75 Å². The molecule has 0 atom stereocenters. The molecule has 2 nitrogen and oxygen atoms in total. The van der Waals surface area contributed by atoms with Crippen LogP contribution in [0.25, 0.3) is 0 Å². The lowest BCUT2D eigenvalue weighted by Gasteiger charge is -1.97. The Morgan fingerprint density at radius 1 is 1.25 bits per heavy atom. The summed E-state index contributed by atoms with van der Waals surface area (Å²) < 4.78 is 22.6. The number of rotatable bonds is 2. The Balaban J connectivity index is 3.09. The van der Waals surface area contributed by atoms with Gasteiger partial charge in [-0.3, -0.25) is 0 Å². The fraction of sp³-hybridized carbons (Fsp3) is 0.111. The summed E-state index contributed by atoms with van der Waals surface area (Å²) >= 11 is 0. The number of benzene rings is 1. The van der Waals surface area contributed by atoms with Crippen molar-refractivity contribution in [3.63, 3.8) is 0 Å². The van der Waals surface area contributed by atoms with Crippen LogP contribution in [-0.4, -0.2) is 14.2 Å². The van der Waals surface area contributed by atoms with Crippen LogP contribution < -0.4 is 0 Å². The molecule has 0 amide bonds. The van der Waals surface area contributed by atoms with E-state index in [9.17, 15) is 8.42 Å². The van der Waals surface area contributed by atoms with Crippen molar-refractivity contribution in [1.29, 1.82) is 0 Å². The Kier molecular flexibility index (Phi) is 2.51. The van der Waals surface area contributed by atoms with Crippen molar-refractivity contribution in [3.8, 4) is 12.3 Å². The third-order valence-corrected chi connectivity index (χ3v) is 2.91. The van der Waals surface area contributed by atoms with E-state index >= 15 is 0 Å². The largest absolute Gasteiger partial charge is 0.223 e. The molecular weight excluding hydrogens is 172 g/mol. The summed E-state index contributed by atoms with van der Waals surface area (Å²) in [5.41, 5.74) is 0. The first-order valence-electron chi connectivity index (χ1n) is 3.38. The van der Waals surface area contributed by atoms with Crippen molar-refractivity contribution in [2.24, 2.45) is 0 Å². The molecule has 0 aliphatic carbocycles. The Morgan fingerprint density at radius 3 is 2.33 bits per heavy atom. The predicted molar refractivity (Wildman–Crippen MR) is 47.3 cm³/mol. The Hall–Kier alpha value is -1.27. The minimum Gasteiger partial charge on any atom is -0.223 e. The summed E-state index contributed by atoms with van der Waals surface area (Å²) in [6.45, 7) is 0. The predicted octanol–water partition coefficient (Wildman–Crippen LogP) is 1.09. The van der Waals surface area contributed by atoms with Gasteiger partial charge in [0.25, 0.3) is 0 Å². The van der Waals surface area contributed by atoms with Crippen LogP contribution in [0.3, 0.4) is 0 Å². The molecule has 0 heterocycles. The van der Waals surface area contributed by atoms with Crippen LogP contribution in [0, 0.1) is 12.3 Å². The zero-order chi connectivity index (χ0) is 9.03. The van der Waals surface area contributed by atoms with Crippen molar-refractivity contribution >= 4 is 9.84 Å². The number of sulfone groups is 1. The van der Waals surface area contributed by atoms with E-state index in [0.29, 0.717) is 0 Å². The van der Waals surface area contributed by atoms with Crippen molar-refractivity contribution < 1.29 is 8.42 Å². The Labute approximate surface area is 72.2 Å². The lowest BCUT2D eigenvalue weighted by atomic mass is 10.4. The monoisotopic (exact) mass is 180 g/mol. The van der Waals surface area contributed by atoms with Gasteiger partial charge in [0.05, 0.1) is 4.90 Å². The number of terminal acetylenes is 1. The molecule has 0 aliphatic heterocycles. The second kappa shape index (κ2) is 3.42. The molecule has 1 rings (SSSR count). The Bertz CT molecular complexity index is 384. The molecule has 0 radical (unpaired) electrons. The summed E-state index contributed by atoms with van der Waals surface area (Å²) in [5.74, 6) is 1.88. The third kappa shape index (κ3) is 1.86. The molecule has 0 spiro atoms. The third-order valence-electron chi connectivity index (χ3n) is 1.38. The van der Waals surface area contributed by atoms with Gasteiger partial charge in [-0.25, -0.2) is 8.42 Å². The first-order chi connectivity index (χ1) is 5.67. The van der Waals surface area contributed by atoms with Crippen LogP contribution in [0.5, 0.6) is 0 Å². The lowest BCUT2D eigenvalue weighted by Crippen LogP contribution is -2.04. The molecule has 0 bridgehead atoms. The van der Waals surface area contributed by atoms with Crippen LogP contribution in [0.1, 0.15) is 0 Å². The van der Waals surface area contributed by atoms with Gasteiger partial charge in [0.15, 0.2) is 9.84 Å². The van der Waals surface area contributed by atoms with Crippen LogP contribution in [-0.2, 0) is 9.84 Å². The summed E-state index contributed by atoms with van der Waals surface area (Å²) in [6.07, 6.45) is 4.92. The minimum atomic E-state index is -3.25. The fourth-order valence-electron chi connectivity index (χ4n) is 0.821. The molecule has 0 unspecified atom stereocenters. The highest BCUT2D eigenvalue weighted by molar-refractivity contribution is 7.91. The van der Waals surface area contributed by atoms with Gasteiger partial charge in [0.1, 0.15) is 5.75 Å². The van der Waals surface area contributed by atoms with E-state index in [1.807, 2.05) is 0 Å². The van der Waals surface area contributed by atoms with Crippen molar-refractivity contribution in [3.05, 3.63) is 30.3 Å². The summed E-state index contributed by atoms with van der Waals surface area (Å²) in [6, 6.07) is 8.17. The van der Waals surface area contributed by atoms with Crippen LogP contribution in [0.2, 0.25) is 0 Å².